The maximum atomic E-state index is 2.45. The first-order valence-corrected chi connectivity index (χ1v) is 5.25. The average molecular weight is 154 g/mol. The van der Waals surface area contributed by atoms with Crippen LogP contribution in [0.15, 0.2) is 0 Å². The van der Waals surface area contributed by atoms with Crippen molar-refractivity contribution in [1.29, 1.82) is 0 Å². The molecule has 1 spiro atoms. The van der Waals surface area contributed by atoms with Gasteiger partial charge in [0.1, 0.15) is 0 Å². The second kappa shape index (κ2) is 3.16. The fourth-order valence-electron chi connectivity index (χ4n) is 2.46. The van der Waals surface area contributed by atoms with E-state index in [9.17, 15) is 0 Å². The summed E-state index contributed by atoms with van der Waals surface area (Å²) in [5.41, 5.74) is 0.874. The maximum Gasteiger partial charge on any atom is -0.0269 e. The summed E-state index contributed by atoms with van der Waals surface area (Å²) >= 11 is 0. The molecule has 2 saturated carbocycles. The summed E-state index contributed by atoms with van der Waals surface area (Å²) in [4.78, 5) is 0. The van der Waals surface area contributed by atoms with Gasteiger partial charge in [-0.05, 0) is 42.9 Å². The molecule has 0 heterocycles. The smallest absolute Gasteiger partial charge is 0.0269 e. The molecule has 0 saturated heterocycles. The van der Waals surface area contributed by atoms with Crippen molar-refractivity contribution in [2.24, 2.45) is 17.3 Å². The summed E-state index contributed by atoms with van der Waals surface area (Å²) < 4.78 is 0. The van der Waals surface area contributed by atoms with Crippen molar-refractivity contribution in [3.05, 3.63) is 0 Å². The van der Waals surface area contributed by atoms with Crippen LogP contribution in [0.1, 0.15) is 53.4 Å². The lowest BCUT2D eigenvalue weighted by Crippen LogP contribution is -2.08. The van der Waals surface area contributed by atoms with Crippen LogP contribution in [0.25, 0.3) is 0 Å². The van der Waals surface area contributed by atoms with Crippen molar-refractivity contribution >= 4 is 0 Å². The van der Waals surface area contributed by atoms with E-state index in [-0.39, 0.29) is 0 Å². The first-order chi connectivity index (χ1) is 5.25. The van der Waals surface area contributed by atoms with Gasteiger partial charge in [0, 0.05) is 0 Å². The minimum absolute atomic E-state index is 0.874. The van der Waals surface area contributed by atoms with Gasteiger partial charge in [0.15, 0.2) is 0 Å². The van der Waals surface area contributed by atoms with E-state index < -0.39 is 0 Å². The van der Waals surface area contributed by atoms with Crippen LogP contribution in [-0.4, -0.2) is 0 Å². The maximum absolute atomic E-state index is 2.45. The third-order valence-corrected chi connectivity index (χ3v) is 3.81. The van der Waals surface area contributed by atoms with E-state index in [0.717, 1.165) is 17.3 Å². The second-order valence-corrected chi connectivity index (χ2v) is 4.17. The molecule has 0 nitrogen and oxygen atoms in total. The van der Waals surface area contributed by atoms with E-state index in [1.54, 1.807) is 12.8 Å². The molecule has 2 rings (SSSR count). The van der Waals surface area contributed by atoms with Crippen molar-refractivity contribution in [3.8, 4) is 0 Å². The van der Waals surface area contributed by atoms with Crippen LogP contribution >= 0.6 is 0 Å². The van der Waals surface area contributed by atoms with E-state index in [1.165, 1.54) is 12.8 Å². The van der Waals surface area contributed by atoms with E-state index in [0.29, 0.717) is 0 Å². The molecule has 0 heteroatoms. The van der Waals surface area contributed by atoms with Gasteiger partial charge < -0.3 is 0 Å². The molecule has 66 valence electrons. The minimum Gasteiger partial charge on any atom is -0.0683 e. The van der Waals surface area contributed by atoms with Gasteiger partial charge in [-0.1, -0.05) is 27.7 Å². The number of rotatable bonds is 0. The highest BCUT2D eigenvalue weighted by molar-refractivity contribution is 5.02. The molecule has 0 aromatic carbocycles. The Hall–Kier alpha value is 0. The quantitative estimate of drug-likeness (QED) is 0.497. The molecule has 0 aromatic rings. The minimum atomic E-state index is 0.874. The van der Waals surface area contributed by atoms with Crippen molar-refractivity contribution in [2.75, 3.05) is 0 Å². The molecule has 0 aromatic heterocycles. The average Bonchev–Trinajstić information content (AvgIpc) is 2.78. The number of hydrogen-bond donors (Lipinski definition) is 0. The van der Waals surface area contributed by atoms with E-state index in [2.05, 4.69) is 13.8 Å². The molecule has 2 atom stereocenters. The number of hydrogen-bond acceptors (Lipinski definition) is 0. The summed E-state index contributed by atoms with van der Waals surface area (Å²) in [5, 5.41) is 0. The van der Waals surface area contributed by atoms with Gasteiger partial charge >= 0.3 is 0 Å². The first-order valence-electron chi connectivity index (χ1n) is 5.25. The van der Waals surface area contributed by atoms with E-state index in [4.69, 9.17) is 0 Å². The van der Waals surface area contributed by atoms with Gasteiger partial charge in [-0.2, -0.15) is 0 Å². The van der Waals surface area contributed by atoms with Crippen LogP contribution in [0.2, 0.25) is 0 Å². The third-order valence-electron chi connectivity index (χ3n) is 3.81. The van der Waals surface area contributed by atoms with Gasteiger partial charge in [0.25, 0.3) is 0 Å². The Morgan fingerprint density at radius 3 is 1.73 bits per heavy atom. The van der Waals surface area contributed by atoms with Crippen LogP contribution in [0, 0.1) is 17.3 Å². The van der Waals surface area contributed by atoms with Crippen molar-refractivity contribution in [3.63, 3.8) is 0 Å². The Kier molecular flexibility index (Phi) is 2.61. The van der Waals surface area contributed by atoms with E-state index >= 15 is 0 Å². The zero-order valence-electron chi connectivity index (χ0n) is 8.48. The Labute approximate surface area is 71.4 Å². The Bertz CT molecular complexity index is 122. The Morgan fingerprint density at radius 1 is 1.00 bits per heavy atom. The van der Waals surface area contributed by atoms with Crippen LogP contribution < -0.4 is 0 Å². The zero-order chi connectivity index (χ0) is 8.48. The molecule has 0 radical (unpaired) electrons. The summed E-state index contributed by atoms with van der Waals surface area (Å²) in [7, 11) is 0. The van der Waals surface area contributed by atoms with E-state index in [1.807, 2.05) is 13.8 Å². The van der Waals surface area contributed by atoms with Crippen LogP contribution in [0.4, 0.5) is 0 Å². The molecule has 2 aliphatic rings. The second-order valence-electron chi connectivity index (χ2n) is 4.17. The van der Waals surface area contributed by atoms with Crippen LogP contribution in [-0.2, 0) is 0 Å². The van der Waals surface area contributed by atoms with Gasteiger partial charge in [0.05, 0.1) is 0 Å². The molecule has 0 bridgehead atoms. The Morgan fingerprint density at radius 2 is 1.55 bits per heavy atom. The summed E-state index contributed by atoms with van der Waals surface area (Å²) in [6, 6.07) is 0. The zero-order valence-corrected chi connectivity index (χ0v) is 8.48. The lowest BCUT2D eigenvalue weighted by molar-refractivity contribution is 0.338. The normalized spacial score (nSPS) is 38.2. The van der Waals surface area contributed by atoms with Crippen molar-refractivity contribution < 1.29 is 0 Å². The molecule has 2 unspecified atom stereocenters. The molecule has 11 heavy (non-hydrogen) atoms. The SMILES string of the molecule is CC.CC1CCC2(CC2)C1C. The van der Waals surface area contributed by atoms with Crippen molar-refractivity contribution in [1.82, 2.24) is 0 Å². The molecular weight excluding hydrogens is 132 g/mol. The highest BCUT2D eigenvalue weighted by atomic mass is 14.6. The molecule has 0 amide bonds. The monoisotopic (exact) mass is 154 g/mol. The fourth-order valence-corrected chi connectivity index (χ4v) is 2.46. The molecule has 2 aliphatic carbocycles. The van der Waals surface area contributed by atoms with Gasteiger partial charge in [0.2, 0.25) is 0 Å². The van der Waals surface area contributed by atoms with Crippen LogP contribution in [0.5, 0.6) is 0 Å². The van der Waals surface area contributed by atoms with Crippen molar-refractivity contribution in [2.45, 2.75) is 53.4 Å². The lowest BCUT2D eigenvalue weighted by Gasteiger charge is -2.15. The highest BCUT2D eigenvalue weighted by Crippen LogP contribution is 2.62. The van der Waals surface area contributed by atoms with Crippen LogP contribution in [0.3, 0.4) is 0 Å². The largest absolute Gasteiger partial charge is 0.0683 e. The predicted octanol–water partition coefficient (Wildman–Crippen LogP) is 3.86. The predicted molar refractivity (Wildman–Crippen MR) is 50.6 cm³/mol. The Balaban J connectivity index is 0.000000281. The van der Waals surface area contributed by atoms with Gasteiger partial charge in [-0.25, -0.2) is 0 Å². The van der Waals surface area contributed by atoms with Gasteiger partial charge in [-0.3, -0.25) is 0 Å². The molecule has 0 N–H and O–H groups in total. The lowest BCUT2D eigenvalue weighted by atomic mass is 9.90. The molecule has 2 fully saturated rings. The summed E-state index contributed by atoms with van der Waals surface area (Å²) in [5.74, 6) is 2.06. The topological polar surface area (TPSA) is 0 Å². The first kappa shape index (κ1) is 9.09. The summed E-state index contributed by atoms with van der Waals surface area (Å²) in [6.45, 7) is 8.86. The van der Waals surface area contributed by atoms with Gasteiger partial charge in [-0.15, -0.1) is 0 Å². The standard InChI is InChI=1S/C9H16.C2H6/c1-7-3-4-9(5-6-9)8(7)2;1-2/h7-8H,3-6H2,1-2H3;1-2H3. The fraction of sp³-hybridized carbons (Fsp3) is 1.00. The highest BCUT2D eigenvalue weighted by Gasteiger charge is 2.52. The molecule has 0 aliphatic heterocycles. The third kappa shape index (κ3) is 1.45. The summed E-state index contributed by atoms with van der Waals surface area (Å²) in [6.07, 6.45) is 6.12. The molecular formula is C11H22.